The van der Waals surface area contributed by atoms with E-state index in [0.717, 1.165) is 0 Å². The van der Waals surface area contributed by atoms with Crippen molar-refractivity contribution in [3.05, 3.63) is 53.1 Å². The summed E-state index contributed by atoms with van der Waals surface area (Å²) in [5.41, 5.74) is 8.41. The zero-order valence-electron chi connectivity index (χ0n) is 10.4. The molecule has 0 saturated heterocycles. The molecule has 0 radical (unpaired) electrons. The zero-order valence-corrected chi connectivity index (χ0v) is 10.4. The standard InChI is InChI=1S/C15H9N5/c16-7-10-1-2-13(5-11(10)8-17)20-14-3-4-15(19)12(6-14)9-18/h1-6,20H,19H2. The Morgan fingerprint density at radius 3 is 1.90 bits per heavy atom. The summed E-state index contributed by atoms with van der Waals surface area (Å²) < 4.78 is 0. The van der Waals surface area contributed by atoms with Gasteiger partial charge < -0.3 is 11.1 Å². The third kappa shape index (κ3) is 2.51. The van der Waals surface area contributed by atoms with Crippen LogP contribution in [0.3, 0.4) is 0 Å². The maximum atomic E-state index is 8.97. The fourth-order valence-corrected chi connectivity index (χ4v) is 1.71. The molecule has 3 N–H and O–H groups in total. The number of nitrogens with two attached hydrogens (primary N) is 1. The van der Waals surface area contributed by atoms with Gasteiger partial charge in [-0.15, -0.1) is 0 Å². The van der Waals surface area contributed by atoms with Crippen LogP contribution in [-0.2, 0) is 0 Å². The summed E-state index contributed by atoms with van der Waals surface area (Å²) in [6.45, 7) is 0. The summed E-state index contributed by atoms with van der Waals surface area (Å²) in [6, 6.07) is 15.8. The van der Waals surface area contributed by atoms with E-state index in [1.54, 1.807) is 36.4 Å². The number of anilines is 3. The first-order valence-electron chi connectivity index (χ1n) is 5.69. The Labute approximate surface area is 116 Å². The Morgan fingerprint density at radius 2 is 1.30 bits per heavy atom. The summed E-state index contributed by atoms with van der Waals surface area (Å²) >= 11 is 0. The molecular weight excluding hydrogens is 250 g/mol. The van der Waals surface area contributed by atoms with E-state index in [1.807, 2.05) is 18.2 Å². The first kappa shape index (κ1) is 13.0. The molecule has 2 aromatic carbocycles. The van der Waals surface area contributed by atoms with Gasteiger partial charge in [0, 0.05) is 17.1 Å². The van der Waals surface area contributed by atoms with Crippen molar-refractivity contribution in [1.82, 2.24) is 0 Å². The molecule has 2 rings (SSSR count). The minimum atomic E-state index is 0.299. The maximum Gasteiger partial charge on any atom is 0.101 e. The van der Waals surface area contributed by atoms with Crippen LogP contribution in [0.2, 0.25) is 0 Å². The third-order valence-corrected chi connectivity index (χ3v) is 2.72. The van der Waals surface area contributed by atoms with E-state index >= 15 is 0 Å². The Balaban J connectivity index is 2.34. The number of hydrogen-bond donors (Lipinski definition) is 2. The van der Waals surface area contributed by atoms with Crippen molar-refractivity contribution in [3.8, 4) is 18.2 Å². The third-order valence-electron chi connectivity index (χ3n) is 2.72. The van der Waals surface area contributed by atoms with E-state index in [9.17, 15) is 0 Å². The van der Waals surface area contributed by atoms with Gasteiger partial charge in [0.1, 0.15) is 18.2 Å². The molecule has 0 fully saturated rings. The highest BCUT2D eigenvalue weighted by Gasteiger charge is 2.04. The topological polar surface area (TPSA) is 109 Å². The molecule has 0 amide bonds. The van der Waals surface area contributed by atoms with Crippen LogP contribution in [0.1, 0.15) is 16.7 Å². The molecule has 0 spiro atoms. The summed E-state index contributed by atoms with van der Waals surface area (Å²) in [7, 11) is 0. The van der Waals surface area contributed by atoms with Crippen LogP contribution in [0.25, 0.3) is 0 Å². The minimum absolute atomic E-state index is 0.299. The Morgan fingerprint density at radius 1 is 0.750 bits per heavy atom. The molecule has 5 heteroatoms. The fourth-order valence-electron chi connectivity index (χ4n) is 1.71. The van der Waals surface area contributed by atoms with Crippen LogP contribution in [0, 0.1) is 34.0 Å². The maximum absolute atomic E-state index is 8.97. The van der Waals surface area contributed by atoms with Gasteiger partial charge in [-0.2, -0.15) is 15.8 Å². The molecule has 0 unspecified atom stereocenters. The van der Waals surface area contributed by atoms with Crippen LogP contribution >= 0.6 is 0 Å². The number of hydrogen-bond acceptors (Lipinski definition) is 5. The smallest absolute Gasteiger partial charge is 0.101 e. The van der Waals surface area contributed by atoms with Gasteiger partial charge in [-0.25, -0.2) is 0 Å². The molecule has 0 saturated carbocycles. The van der Waals surface area contributed by atoms with Crippen molar-refractivity contribution in [2.75, 3.05) is 11.1 Å². The average molecular weight is 259 g/mol. The second kappa shape index (κ2) is 5.44. The van der Waals surface area contributed by atoms with E-state index in [4.69, 9.17) is 21.5 Å². The number of nitrogens with zero attached hydrogens (tertiary/aromatic N) is 3. The number of rotatable bonds is 2. The quantitative estimate of drug-likeness (QED) is 0.805. The van der Waals surface area contributed by atoms with Crippen LogP contribution < -0.4 is 11.1 Å². The molecule has 0 heterocycles. The lowest BCUT2D eigenvalue weighted by molar-refractivity contribution is 1.42. The van der Waals surface area contributed by atoms with Crippen LogP contribution in [0.4, 0.5) is 17.1 Å². The SMILES string of the molecule is N#Cc1cc(Nc2ccc(C#N)c(C#N)c2)ccc1N. The van der Waals surface area contributed by atoms with Gasteiger partial charge in [0.05, 0.1) is 16.7 Å². The lowest BCUT2D eigenvalue weighted by atomic mass is 10.1. The van der Waals surface area contributed by atoms with E-state index < -0.39 is 0 Å². The van der Waals surface area contributed by atoms with E-state index in [1.165, 1.54) is 0 Å². The van der Waals surface area contributed by atoms with Crippen molar-refractivity contribution in [2.24, 2.45) is 0 Å². The van der Waals surface area contributed by atoms with Crippen molar-refractivity contribution in [1.29, 1.82) is 15.8 Å². The predicted octanol–water partition coefficient (Wildman–Crippen LogP) is 2.63. The minimum Gasteiger partial charge on any atom is -0.398 e. The molecule has 20 heavy (non-hydrogen) atoms. The van der Waals surface area contributed by atoms with E-state index in [2.05, 4.69) is 5.32 Å². The molecular formula is C15H9N5. The molecule has 0 aliphatic heterocycles. The van der Waals surface area contributed by atoms with Crippen molar-refractivity contribution in [2.45, 2.75) is 0 Å². The molecule has 0 aliphatic carbocycles. The van der Waals surface area contributed by atoms with Crippen molar-refractivity contribution in [3.63, 3.8) is 0 Å². The Bertz CT molecular complexity index is 787. The molecule has 0 bridgehead atoms. The number of nitrogen functional groups attached to an aromatic ring is 1. The second-order valence-electron chi connectivity index (χ2n) is 4.02. The first-order valence-corrected chi connectivity index (χ1v) is 5.69. The second-order valence-corrected chi connectivity index (χ2v) is 4.02. The molecule has 0 atom stereocenters. The van der Waals surface area contributed by atoms with Gasteiger partial charge in [0.25, 0.3) is 0 Å². The van der Waals surface area contributed by atoms with Gasteiger partial charge in [0.2, 0.25) is 0 Å². The first-order chi connectivity index (χ1) is 9.67. The fraction of sp³-hybridized carbons (Fsp3) is 0. The van der Waals surface area contributed by atoms with Crippen molar-refractivity contribution >= 4 is 17.1 Å². The van der Waals surface area contributed by atoms with Crippen molar-refractivity contribution < 1.29 is 0 Å². The Hall–Kier alpha value is -3.49. The van der Waals surface area contributed by atoms with Gasteiger partial charge in [-0.1, -0.05) is 0 Å². The molecule has 2 aromatic rings. The van der Waals surface area contributed by atoms with Gasteiger partial charge in [-0.05, 0) is 36.4 Å². The normalized spacial score (nSPS) is 9.05. The van der Waals surface area contributed by atoms with E-state index in [-0.39, 0.29) is 0 Å². The molecule has 94 valence electrons. The highest BCUT2D eigenvalue weighted by atomic mass is 14.9. The highest BCUT2D eigenvalue weighted by molar-refractivity contribution is 5.68. The number of nitriles is 3. The lowest BCUT2D eigenvalue weighted by Crippen LogP contribution is -1.95. The zero-order chi connectivity index (χ0) is 14.5. The summed E-state index contributed by atoms with van der Waals surface area (Å²) in [6.07, 6.45) is 0. The van der Waals surface area contributed by atoms with Gasteiger partial charge >= 0.3 is 0 Å². The summed E-state index contributed by atoms with van der Waals surface area (Å²) in [5.74, 6) is 0. The van der Waals surface area contributed by atoms with E-state index in [0.29, 0.717) is 33.8 Å². The molecule has 5 nitrogen and oxygen atoms in total. The lowest BCUT2D eigenvalue weighted by Gasteiger charge is -2.08. The summed E-state index contributed by atoms with van der Waals surface area (Å²) in [4.78, 5) is 0. The molecule has 0 aromatic heterocycles. The number of nitrogens with one attached hydrogen (secondary N) is 1. The van der Waals surface area contributed by atoms with Crippen LogP contribution in [-0.4, -0.2) is 0 Å². The largest absolute Gasteiger partial charge is 0.398 e. The predicted molar refractivity (Wildman–Crippen MR) is 74.7 cm³/mol. The number of benzene rings is 2. The van der Waals surface area contributed by atoms with Gasteiger partial charge in [0.15, 0.2) is 0 Å². The average Bonchev–Trinajstić information content (AvgIpc) is 2.49. The Kier molecular flexibility index (Phi) is 3.52. The monoisotopic (exact) mass is 259 g/mol. The summed E-state index contributed by atoms with van der Waals surface area (Å²) in [5, 5.41) is 29.8. The highest BCUT2D eigenvalue weighted by Crippen LogP contribution is 2.22. The van der Waals surface area contributed by atoms with Crippen LogP contribution in [0.15, 0.2) is 36.4 Å². The molecule has 0 aliphatic rings. The van der Waals surface area contributed by atoms with Gasteiger partial charge in [-0.3, -0.25) is 0 Å². The van der Waals surface area contributed by atoms with Crippen LogP contribution in [0.5, 0.6) is 0 Å².